The van der Waals surface area contributed by atoms with Crippen LogP contribution in [0.4, 0.5) is 5.69 Å². The van der Waals surface area contributed by atoms with Crippen molar-refractivity contribution in [1.29, 1.82) is 0 Å². The lowest BCUT2D eigenvalue weighted by Crippen LogP contribution is -2.34. The molecule has 31 heavy (non-hydrogen) atoms. The Balaban J connectivity index is 2.53. The van der Waals surface area contributed by atoms with E-state index in [0.717, 1.165) is 18.8 Å². The highest BCUT2D eigenvalue weighted by atomic mass is 35.5. The number of amides is 1. The van der Waals surface area contributed by atoms with Crippen LogP contribution >= 0.6 is 23.2 Å². The van der Waals surface area contributed by atoms with E-state index in [1.807, 2.05) is 33.8 Å². The highest BCUT2D eigenvalue weighted by Gasteiger charge is 2.23. The lowest BCUT2D eigenvalue weighted by Gasteiger charge is -2.27. The fourth-order valence-corrected chi connectivity index (χ4v) is 4.52. The van der Waals surface area contributed by atoms with Gasteiger partial charge in [0.05, 0.1) is 10.0 Å². The fourth-order valence-electron chi connectivity index (χ4n) is 3.18. The standard InChI is InChI=1S/C22H28Cl2N2O4S/c1-6-25(7-2)18-9-8-17(14-26(15(3)4)16(5)27)22(12-18)30-31(28,29)19-10-11-20(23)21(24)13-19/h8-13,15H,6-7,14H2,1-5H3. The van der Waals surface area contributed by atoms with E-state index in [0.29, 0.717) is 5.56 Å². The number of hydrogen-bond acceptors (Lipinski definition) is 5. The normalized spacial score (nSPS) is 11.5. The average molecular weight is 487 g/mol. The third-order valence-electron chi connectivity index (χ3n) is 4.93. The predicted molar refractivity (Wildman–Crippen MR) is 126 cm³/mol. The Morgan fingerprint density at radius 2 is 1.68 bits per heavy atom. The highest BCUT2D eigenvalue weighted by molar-refractivity contribution is 7.87. The molecule has 1 amide bonds. The smallest absolute Gasteiger partial charge is 0.339 e. The minimum absolute atomic E-state index is 0.0560. The molecule has 0 saturated carbocycles. The summed E-state index contributed by atoms with van der Waals surface area (Å²) in [5, 5.41) is 0.366. The molecule has 6 nitrogen and oxygen atoms in total. The molecule has 0 aliphatic heterocycles. The van der Waals surface area contributed by atoms with Gasteiger partial charge in [-0.05, 0) is 52.0 Å². The first kappa shape index (κ1) is 25.3. The fraction of sp³-hybridized carbons (Fsp3) is 0.409. The number of halogens is 2. The SMILES string of the molecule is CCN(CC)c1ccc(CN(C(C)=O)C(C)C)c(OS(=O)(=O)c2ccc(Cl)c(Cl)c2)c1. The quantitative estimate of drug-likeness (QED) is 0.446. The summed E-state index contributed by atoms with van der Waals surface area (Å²) in [4.78, 5) is 15.7. The molecule has 0 radical (unpaired) electrons. The summed E-state index contributed by atoms with van der Waals surface area (Å²) < 4.78 is 31.5. The minimum Gasteiger partial charge on any atom is -0.379 e. The van der Waals surface area contributed by atoms with Crippen LogP contribution < -0.4 is 9.08 Å². The Bertz CT molecular complexity index is 1040. The van der Waals surface area contributed by atoms with E-state index in [-0.39, 0.29) is 39.2 Å². The van der Waals surface area contributed by atoms with E-state index in [1.165, 1.54) is 25.1 Å². The Morgan fingerprint density at radius 3 is 2.19 bits per heavy atom. The van der Waals surface area contributed by atoms with Gasteiger partial charge in [0.1, 0.15) is 10.6 Å². The van der Waals surface area contributed by atoms with Gasteiger partial charge < -0.3 is 14.0 Å². The molecule has 0 spiro atoms. The van der Waals surface area contributed by atoms with Crippen LogP contribution in [0.3, 0.4) is 0 Å². The topological polar surface area (TPSA) is 66.9 Å². The van der Waals surface area contributed by atoms with Gasteiger partial charge in [-0.25, -0.2) is 0 Å². The summed E-state index contributed by atoms with van der Waals surface area (Å²) in [7, 11) is -4.17. The van der Waals surface area contributed by atoms with Crippen LogP contribution in [0, 0.1) is 0 Å². The maximum absolute atomic E-state index is 13.0. The van der Waals surface area contributed by atoms with Gasteiger partial charge in [-0.3, -0.25) is 4.79 Å². The molecule has 2 aromatic carbocycles. The zero-order valence-electron chi connectivity index (χ0n) is 18.4. The van der Waals surface area contributed by atoms with Crippen LogP contribution in [0.15, 0.2) is 41.3 Å². The van der Waals surface area contributed by atoms with Gasteiger partial charge in [0.15, 0.2) is 0 Å². The number of carbonyl (C=O) groups is 1. The molecule has 0 N–H and O–H groups in total. The van der Waals surface area contributed by atoms with Gasteiger partial charge in [0.2, 0.25) is 5.91 Å². The second-order valence-corrected chi connectivity index (χ2v) is 9.68. The molecule has 0 aliphatic carbocycles. The van der Waals surface area contributed by atoms with Crippen molar-refractivity contribution in [2.45, 2.75) is 52.1 Å². The number of rotatable bonds is 9. The maximum Gasteiger partial charge on any atom is 0.339 e. The van der Waals surface area contributed by atoms with E-state index < -0.39 is 10.1 Å². The second kappa shape index (κ2) is 10.6. The summed E-state index contributed by atoms with van der Waals surface area (Å²) in [6.45, 7) is 11.0. The Morgan fingerprint density at radius 1 is 1.03 bits per heavy atom. The van der Waals surface area contributed by atoms with Gasteiger partial charge in [-0.1, -0.05) is 29.3 Å². The van der Waals surface area contributed by atoms with Crippen LogP contribution in [0.5, 0.6) is 5.75 Å². The zero-order chi connectivity index (χ0) is 23.3. The van der Waals surface area contributed by atoms with E-state index >= 15 is 0 Å². The van der Waals surface area contributed by atoms with Gasteiger partial charge >= 0.3 is 10.1 Å². The molecule has 0 saturated heterocycles. The monoisotopic (exact) mass is 486 g/mol. The first-order valence-corrected chi connectivity index (χ1v) is 12.2. The Hall–Kier alpha value is -1.96. The number of carbonyl (C=O) groups excluding carboxylic acids is 1. The molecular formula is C22H28Cl2N2O4S. The average Bonchev–Trinajstić information content (AvgIpc) is 2.69. The molecule has 0 bridgehead atoms. The number of anilines is 1. The molecule has 2 aromatic rings. The van der Waals surface area contributed by atoms with E-state index in [9.17, 15) is 13.2 Å². The third-order valence-corrected chi connectivity index (χ3v) is 6.90. The molecule has 0 fully saturated rings. The molecule has 2 rings (SSSR count). The number of nitrogens with zero attached hydrogens (tertiary/aromatic N) is 2. The summed E-state index contributed by atoms with van der Waals surface area (Å²) >= 11 is 11.9. The minimum atomic E-state index is -4.17. The van der Waals surface area contributed by atoms with Crippen LogP contribution in [-0.2, 0) is 21.5 Å². The second-order valence-electron chi connectivity index (χ2n) is 7.32. The van der Waals surface area contributed by atoms with Crippen LogP contribution in [0.1, 0.15) is 40.2 Å². The molecular weight excluding hydrogens is 459 g/mol. The third kappa shape index (κ3) is 6.28. The largest absolute Gasteiger partial charge is 0.379 e. The van der Waals surface area contributed by atoms with Gasteiger partial charge in [-0.2, -0.15) is 8.42 Å². The lowest BCUT2D eigenvalue weighted by atomic mass is 10.1. The number of benzene rings is 2. The van der Waals surface area contributed by atoms with Gasteiger partial charge in [0.25, 0.3) is 0 Å². The van der Waals surface area contributed by atoms with Crippen molar-refractivity contribution in [3.63, 3.8) is 0 Å². The molecule has 0 aromatic heterocycles. The highest BCUT2D eigenvalue weighted by Crippen LogP contribution is 2.32. The van der Waals surface area contributed by atoms with Crippen molar-refractivity contribution in [1.82, 2.24) is 4.90 Å². The molecule has 170 valence electrons. The van der Waals surface area contributed by atoms with E-state index in [2.05, 4.69) is 4.90 Å². The maximum atomic E-state index is 13.0. The summed E-state index contributed by atoms with van der Waals surface area (Å²) in [6.07, 6.45) is 0. The first-order valence-electron chi connectivity index (χ1n) is 10.0. The van der Waals surface area contributed by atoms with Gasteiger partial charge in [-0.15, -0.1) is 0 Å². The van der Waals surface area contributed by atoms with Crippen LogP contribution in [0.25, 0.3) is 0 Å². The van der Waals surface area contributed by atoms with Crippen molar-refractivity contribution >= 4 is 44.9 Å². The van der Waals surface area contributed by atoms with Crippen molar-refractivity contribution in [3.05, 3.63) is 52.0 Å². The Labute approximate surface area is 194 Å². The lowest BCUT2D eigenvalue weighted by molar-refractivity contribution is -0.131. The molecule has 0 heterocycles. The van der Waals surface area contributed by atoms with Gasteiger partial charge in [0, 0.05) is 49.9 Å². The molecule has 9 heteroatoms. The molecule has 0 aliphatic rings. The summed E-state index contributed by atoms with van der Waals surface area (Å²) in [6, 6.07) is 9.33. The van der Waals surface area contributed by atoms with Crippen molar-refractivity contribution in [2.24, 2.45) is 0 Å². The van der Waals surface area contributed by atoms with Crippen molar-refractivity contribution in [2.75, 3.05) is 18.0 Å². The molecule has 0 unspecified atom stereocenters. The van der Waals surface area contributed by atoms with Crippen LogP contribution in [-0.4, -0.2) is 38.4 Å². The summed E-state index contributed by atoms with van der Waals surface area (Å²) in [5.41, 5.74) is 1.41. The predicted octanol–water partition coefficient (Wildman–Crippen LogP) is 5.36. The van der Waals surface area contributed by atoms with E-state index in [4.69, 9.17) is 27.4 Å². The number of hydrogen-bond donors (Lipinski definition) is 0. The van der Waals surface area contributed by atoms with E-state index in [1.54, 1.807) is 17.0 Å². The van der Waals surface area contributed by atoms with Crippen molar-refractivity contribution < 1.29 is 17.4 Å². The summed E-state index contributed by atoms with van der Waals surface area (Å²) in [5.74, 6) is 0.0588. The zero-order valence-corrected chi connectivity index (χ0v) is 20.7. The van der Waals surface area contributed by atoms with Crippen LogP contribution in [0.2, 0.25) is 10.0 Å². The first-order chi connectivity index (χ1) is 14.5. The Kier molecular flexibility index (Phi) is 8.63. The van der Waals surface area contributed by atoms with Crippen molar-refractivity contribution in [3.8, 4) is 5.75 Å². The molecule has 0 atom stereocenters.